The molecule has 1 aromatic heterocycles. The van der Waals surface area contributed by atoms with E-state index >= 15 is 0 Å². The fourth-order valence-electron chi connectivity index (χ4n) is 2.03. The number of amides is 1. The smallest absolute Gasteiger partial charge is 0.248 e. The van der Waals surface area contributed by atoms with Crippen LogP contribution in [0.1, 0.15) is 9.75 Å². The number of sulfonamides is 1. The minimum Gasteiger partial charge on any atom is -0.495 e. The number of methoxy groups -OCH3 is 1. The fraction of sp³-hybridized carbons (Fsp3) is 0.235. The van der Waals surface area contributed by atoms with Crippen LogP contribution in [0, 0.1) is 6.92 Å². The van der Waals surface area contributed by atoms with Crippen LogP contribution in [0.4, 0.5) is 5.69 Å². The zero-order valence-corrected chi connectivity index (χ0v) is 16.1. The summed E-state index contributed by atoms with van der Waals surface area (Å²) in [4.78, 5) is 14.3. The summed E-state index contributed by atoms with van der Waals surface area (Å²) in [5.41, 5.74) is 0.294. The van der Waals surface area contributed by atoms with Gasteiger partial charge in [-0.15, -0.1) is 11.3 Å². The van der Waals surface area contributed by atoms with E-state index < -0.39 is 10.0 Å². The molecule has 0 saturated carbocycles. The van der Waals surface area contributed by atoms with E-state index in [-0.39, 0.29) is 10.8 Å². The van der Waals surface area contributed by atoms with E-state index in [1.54, 1.807) is 17.4 Å². The van der Waals surface area contributed by atoms with Crippen molar-refractivity contribution in [3.8, 4) is 5.75 Å². The van der Waals surface area contributed by atoms with Gasteiger partial charge in [-0.2, -0.15) is 0 Å². The van der Waals surface area contributed by atoms with Crippen LogP contribution in [0.15, 0.2) is 41.3 Å². The third kappa shape index (κ3) is 4.68. The SMILES string of the molecule is COc1ccc(S(=O)(=O)N(C)C)cc1NC(=O)/C=C\c1ccc(C)s1. The standard InChI is InChI=1S/C17H20N2O4S2/c1-12-5-6-13(24-12)7-10-17(20)18-15-11-14(8-9-16(15)23-4)25(21,22)19(2)3/h5-11H,1-4H3,(H,18,20)/b10-7-. The first-order chi connectivity index (χ1) is 11.7. The molecule has 0 aliphatic carbocycles. The number of thiophene rings is 1. The minimum absolute atomic E-state index is 0.0754. The second-order valence-corrected chi connectivity index (χ2v) is 8.89. The molecule has 1 heterocycles. The topological polar surface area (TPSA) is 75.7 Å². The Hall–Kier alpha value is -2.16. The van der Waals surface area contributed by atoms with Crippen molar-refractivity contribution in [2.24, 2.45) is 0 Å². The molecule has 1 aromatic carbocycles. The van der Waals surface area contributed by atoms with Gasteiger partial charge in [0.1, 0.15) is 5.75 Å². The Morgan fingerprint density at radius 3 is 2.52 bits per heavy atom. The lowest BCUT2D eigenvalue weighted by Crippen LogP contribution is -2.22. The molecule has 0 fully saturated rings. The summed E-state index contributed by atoms with van der Waals surface area (Å²) in [6.45, 7) is 1.99. The van der Waals surface area contributed by atoms with Gasteiger partial charge in [0.05, 0.1) is 17.7 Å². The normalized spacial score (nSPS) is 11.9. The number of anilines is 1. The molecule has 1 amide bonds. The molecule has 0 atom stereocenters. The molecule has 2 rings (SSSR count). The Balaban J connectivity index is 2.25. The summed E-state index contributed by atoms with van der Waals surface area (Å²) in [6.07, 6.45) is 3.11. The predicted octanol–water partition coefficient (Wildman–Crippen LogP) is 2.97. The molecule has 6 nitrogen and oxygen atoms in total. The van der Waals surface area contributed by atoms with Gasteiger partial charge in [-0.05, 0) is 43.3 Å². The maximum absolute atomic E-state index is 12.2. The number of benzene rings is 1. The number of nitrogens with zero attached hydrogens (tertiary/aromatic N) is 1. The lowest BCUT2D eigenvalue weighted by Gasteiger charge is -2.14. The van der Waals surface area contributed by atoms with Crippen LogP contribution < -0.4 is 10.1 Å². The van der Waals surface area contributed by atoms with E-state index in [4.69, 9.17) is 4.74 Å². The summed E-state index contributed by atoms with van der Waals surface area (Å²) < 4.78 is 30.8. The highest BCUT2D eigenvalue weighted by atomic mass is 32.2. The van der Waals surface area contributed by atoms with Crippen molar-refractivity contribution in [2.45, 2.75) is 11.8 Å². The van der Waals surface area contributed by atoms with Crippen LogP contribution in [-0.4, -0.2) is 39.8 Å². The first-order valence-corrected chi connectivity index (χ1v) is 9.66. The predicted molar refractivity (Wildman–Crippen MR) is 101 cm³/mol. The molecule has 134 valence electrons. The van der Waals surface area contributed by atoms with Crippen molar-refractivity contribution in [1.29, 1.82) is 0 Å². The molecular formula is C17H20N2O4S2. The molecule has 0 spiro atoms. The molecule has 0 aliphatic heterocycles. The Bertz CT molecular complexity index is 899. The van der Waals surface area contributed by atoms with Crippen molar-refractivity contribution < 1.29 is 17.9 Å². The van der Waals surface area contributed by atoms with Gasteiger partial charge in [0.2, 0.25) is 15.9 Å². The van der Waals surface area contributed by atoms with Crippen LogP contribution in [-0.2, 0) is 14.8 Å². The Kier molecular flexibility index (Phi) is 5.99. The molecule has 1 N–H and O–H groups in total. The van der Waals surface area contributed by atoms with Crippen LogP contribution in [0.5, 0.6) is 5.75 Å². The number of ether oxygens (including phenoxy) is 1. The van der Waals surface area contributed by atoms with E-state index in [9.17, 15) is 13.2 Å². The first-order valence-electron chi connectivity index (χ1n) is 7.40. The third-order valence-electron chi connectivity index (χ3n) is 3.37. The molecule has 0 unspecified atom stereocenters. The van der Waals surface area contributed by atoms with Gasteiger partial charge in [-0.25, -0.2) is 12.7 Å². The van der Waals surface area contributed by atoms with Crippen molar-refractivity contribution in [1.82, 2.24) is 4.31 Å². The molecule has 0 saturated heterocycles. The fourth-order valence-corrected chi connectivity index (χ4v) is 3.74. The highest BCUT2D eigenvalue weighted by Gasteiger charge is 2.19. The highest BCUT2D eigenvalue weighted by molar-refractivity contribution is 7.89. The molecule has 2 aromatic rings. The maximum Gasteiger partial charge on any atom is 0.248 e. The zero-order valence-electron chi connectivity index (χ0n) is 14.4. The Labute approximate surface area is 151 Å². The summed E-state index contributed by atoms with van der Waals surface area (Å²) in [6, 6.07) is 8.23. The van der Waals surface area contributed by atoms with E-state index in [1.807, 2.05) is 19.1 Å². The van der Waals surface area contributed by atoms with Crippen LogP contribution in [0.2, 0.25) is 0 Å². The lowest BCUT2D eigenvalue weighted by atomic mass is 10.3. The monoisotopic (exact) mass is 380 g/mol. The molecule has 25 heavy (non-hydrogen) atoms. The number of hydrogen-bond acceptors (Lipinski definition) is 5. The molecule has 8 heteroatoms. The number of rotatable bonds is 6. The van der Waals surface area contributed by atoms with Gasteiger partial charge < -0.3 is 10.1 Å². The first kappa shape index (κ1) is 19.2. The van der Waals surface area contributed by atoms with Crippen molar-refractivity contribution in [3.63, 3.8) is 0 Å². The second-order valence-electron chi connectivity index (χ2n) is 5.42. The summed E-state index contributed by atoms with van der Waals surface area (Å²) >= 11 is 1.58. The summed E-state index contributed by atoms with van der Waals surface area (Å²) in [7, 11) is 0.747. The average molecular weight is 380 g/mol. The van der Waals surface area contributed by atoms with E-state index in [2.05, 4.69) is 5.32 Å². The van der Waals surface area contributed by atoms with Gasteiger partial charge in [0.25, 0.3) is 0 Å². The van der Waals surface area contributed by atoms with Crippen molar-refractivity contribution >= 4 is 39.0 Å². The van der Waals surface area contributed by atoms with Gasteiger partial charge in [0, 0.05) is 29.9 Å². The maximum atomic E-state index is 12.2. The largest absolute Gasteiger partial charge is 0.495 e. The lowest BCUT2D eigenvalue weighted by molar-refractivity contribution is -0.111. The highest BCUT2D eigenvalue weighted by Crippen LogP contribution is 2.28. The molecule has 0 radical (unpaired) electrons. The number of hydrogen-bond donors (Lipinski definition) is 1. The van der Waals surface area contributed by atoms with E-state index in [0.717, 1.165) is 14.1 Å². The zero-order chi connectivity index (χ0) is 18.6. The second kappa shape index (κ2) is 7.81. The average Bonchev–Trinajstić information content (AvgIpc) is 2.98. The van der Waals surface area contributed by atoms with Gasteiger partial charge >= 0.3 is 0 Å². The number of nitrogens with one attached hydrogen (secondary N) is 1. The summed E-state index contributed by atoms with van der Waals surface area (Å²) in [5, 5.41) is 2.66. The van der Waals surface area contributed by atoms with Crippen molar-refractivity contribution in [2.75, 3.05) is 26.5 Å². The Morgan fingerprint density at radius 2 is 1.96 bits per heavy atom. The number of carbonyl (C=O) groups is 1. The van der Waals surface area contributed by atoms with Gasteiger partial charge in [0.15, 0.2) is 0 Å². The van der Waals surface area contributed by atoms with E-state index in [0.29, 0.717) is 11.4 Å². The molecule has 0 bridgehead atoms. The van der Waals surface area contributed by atoms with E-state index in [1.165, 1.54) is 45.5 Å². The number of carbonyl (C=O) groups excluding carboxylic acids is 1. The summed E-state index contributed by atoms with van der Waals surface area (Å²) in [5.74, 6) is 0.00942. The minimum atomic E-state index is -3.60. The third-order valence-corrected chi connectivity index (χ3v) is 6.14. The van der Waals surface area contributed by atoms with Crippen molar-refractivity contribution in [3.05, 3.63) is 46.2 Å². The Morgan fingerprint density at radius 1 is 1.24 bits per heavy atom. The quantitative estimate of drug-likeness (QED) is 0.782. The van der Waals surface area contributed by atoms with Gasteiger partial charge in [-0.1, -0.05) is 0 Å². The van der Waals surface area contributed by atoms with Crippen LogP contribution in [0.25, 0.3) is 6.08 Å². The van der Waals surface area contributed by atoms with Crippen LogP contribution >= 0.6 is 11.3 Å². The molecule has 0 aliphatic rings. The van der Waals surface area contributed by atoms with Crippen LogP contribution in [0.3, 0.4) is 0 Å². The number of aryl methyl sites for hydroxylation is 1. The van der Waals surface area contributed by atoms with Gasteiger partial charge in [-0.3, -0.25) is 4.79 Å². The molecular weight excluding hydrogens is 360 g/mol.